The minimum Gasteiger partial charge on any atom is -0.465 e. The quantitative estimate of drug-likeness (QED) is 0.514. The Balaban J connectivity index is 3.56. The van der Waals surface area contributed by atoms with E-state index in [1.807, 2.05) is 0 Å². The molecule has 0 heterocycles. The van der Waals surface area contributed by atoms with Crippen LogP contribution in [0.25, 0.3) is 0 Å². The second-order valence-electron chi connectivity index (χ2n) is 2.33. The topological polar surface area (TPSA) is 81.0 Å². The highest BCUT2D eigenvalue weighted by Crippen LogP contribution is 1.93. The lowest BCUT2D eigenvalue weighted by Gasteiger charge is -2.16. The molecule has 0 aliphatic heterocycles. The molecule has 1 unspecified atom stereocenters. The van der Waals surface area contributed by atoms with Gasteiger partial charge in [0.15, 0.2) is 0 Å². The first-order chi connectivity index (χ1) is 5.07. The third-order valence-electron chi connectivity index (χ3n) is 1.27. The lowest BCUT2D eigenvalue weighted by Crippen LogP contribution is -2.33. The molecule has 0 saturated heterocycles. The van der Waals surface area contributed by atoms with Gasteiger partial charge in [0.25, 0.3) is 0 Å². The Kier molecular flexibility index (Phi) is 4.56. The van der Waals surface area contributed by atoms with E-state index in [-0.39, 0.29) is 19.6 Å². The number of amides is 1. The molecule has 0 aromatic carbocycles. The first-order valence-electron chi connectivity index (χ1n) is 3.31. The molecular formula is C6H13NO4. The van der Waals surface area contributed by atoms with Crippen molar-refractivity contribution in [2.45, 2.75) is 12.5 Å². The number of likely N-dealkylation sites (N-methyl/N-ethyl adjacent to an activating group) is 1. The zero-order chi connectivity index (χ0) is 8.85. The monoisotopic (exact) mass is 163 g/mol. The van der Waals surface area contributed by atoms with Crippen LogP contribution in [0.2, 0.25) is 0 Å². The molecule has 0 aromatic heterocycles. The Morgan fingerprint density at radius 1 is 1.64 bits per heavy atom. The van der Waals surface area contributed by atoms with E-state index in [0.717, 1.165) is 4.90 Å². The minimum absolute atomic E-state index is 0.0376. The van der Waals surface area contributed by atoms with Gasteiger partial charge in [-0.2, -0.15) is 0 Å². The molecule has 0 aliphatic rings. The smallest absolute Gasteiger partial charge is 0.407 e. The van der Waals surface area contributed by atoms with Gasteiger partial charge in [-0.05, 0) is 6.42 Å². The molecule has 5 heteroatoms. The Morgan fingerprint density at radius 3 is 2.55 bits per heavy atom. The van der Waals surface area contributed by atoms with Crippen molar-refractivity contribution in [2.24, 2.45) is 0 Å². The molecule has 1 amide bonds. The number of rotatable bonds is 4. The summed E-state index contributed by atoms with van der Waals surface area (Å²) in [5.74, 6) is 0. The molecule has 3 N–H and O–H groups in total. The molecule has 5 nitrogen and oxygen atoms in total. The highest BCUT2D eigenvalue weighted by atomic mass is 16.4. The molecular weight excluding hydrogens is 150 g/mol. The number of hydrogen-bond donors (Lipinski definition) is 3. The molecule has 0 fully saturated rings. The van der Waals surface area contributed by atoms with Crippen LogP contribution in [-0.2, 0) is 0 Å². The summed E-state index contributed by atoms with van der Waals surface area (Å²) < 4.78 is 0. The van der Waals surface area contributed by atoms with Crippen molar-refractivity contribution in [1.29, 1.82) is 0 Å². The predicted octanol–water partition coefficient (Wildman–Crippen LogP) is -0.660. The Labute approximate surface area is 64.9 Å². The van der Waals surface area contributed by atoms with Crippen LogP contribution in [0.4, 0.5) is 4.79 Å². The second kappa shape index (κ2) is 4.92. The summed E-state index contributed by atoms with van der Waals surface area (Å²) in [7, 11) is 1.36. The van der Waals surface area contributed by atoms with Gasteiger partial charge in [0.1, 0.15) is 0 Å². The highest BCUT2D eigenvalue weighted by molar-refractivity contribution is 5.64. The van der Waals surface area contributed by atoms with E-state index >= 15 is 0 Å². The maximum atomic E-state index is 10.2. The fraction of sp³-hybridized carbons (Fsp3) is 0.833. The fourth-order valence-corrected chi connectivity index (χ4v) is 0.635. The number of hydrogen-bond acceptors (Lipinski definition) is 3. The van der Waals surface area contributed by atoms with Crippen molar-refractivity contribution in [3.63, 3.8) is 0 Å². The third-order valence-corrected chi connectivity index (χ3v) is 1.27. The largest absolute Gasteiger partial charge is 0.465 e. The molecule has 0 aromatic rings. The first-order valence-corrected chi connectivity index (χ1v) is 3.31. The van der Waals surface area contributed by atoms with E-state index in [9.17, 15) is 4.79 Å². The van der Waals surface area contributed by atoms with Gasteiger partial charge in [0.05, 0.1) is 6.10 Å². The standard InChI is InChI=1S/C6H13NO4/c1-7(6(10)11)4-5(9)2-3-8/h5,8-9H,2-4H2,1H3,(H,10,11). The van der Waals surface area contributed by atoms with Crippen LogP contribution >= 0.6 is 0 Å². The van der Waals surface area contributed by atoms with Crippen molar-refractivity contribution in [2.75, 3.05) is 20.2 Å². The summed E-state index contributed by atoms with van der Waals surface area (Å²) in [4.78, 5) is 11.2. The summed E-state index contributed by atoms with van der Waals surface area (Å²) >= 11 is 0. The van der Waals surface area contributed by atoms with E-state index in [4.69, 9.17) is 15.3 Å². The van der Waals surface area contributed by atoms with Crippen molar-refractivity contribution >= 4 is 6.09 Å². The number of aliphatic hydroxyl groups is 2. The molecule has 0 rings (SSSR count). The van der Waals surface area contributed by atoms with E-state index in [0.29, 0.717) is 0 Å². The average molecular weight is 163 g/mol. The molecule has 0 saturated carbocycles. The molecule has 0 aliphatic carbocycles. The number of carbonyl (C=O) groups is 1. The number of carboxylic acid groups (broad SMARTS) is 1. The van der Waals surface area contributed by atoms with Gasteiger partial charge in [0, 0.05) is 20.2 Å². The first kappa shape index (κ1) is 10.2. The van der Waals surface area contributed by atoms with Crippen LogP contribution in [0.5, 0.6) is 0 Å². The maximum Gasteiger partial charge on any atom is 0.407 e. The van der Waals surface area contributed by atoms with Crippen LogP contribution in [-0.4, -0.2) is 52.6 Å². The van der Waals surface area contributed by atoms with Gasteiger partial charge in [0.2, 0.25) is 0 Å². The molecule has 0 bridgehead atoms. The zero-order valence-electron chi connectivity index (χ0n) is 6.40. The Hall–Kier alpha value is -0.810. The van der Waals surface area contributed by atoms with Crippen molar-refractivity contribution in [3.8, 4) is 0 Å². The van der Waals surface area contributed by atoms with Crippen molar-refractivity contribution in [3.05, 3.63) is 0 Å². The van der Waals surface area contributed by atoms with Crippen LogP contribution < -0.4 is 0 Å². The normalized spacial score (nSPS) is 12.6. The van der Waals surface area contributed by atoms with E-state index < -0.39 is 12.2 Å². The summed E-state index contributed by atoms with van der Waals surface area (Å²) in [6.07, 6.45) is -1.65. The molecule has 1 atom stereocenters. The minimum atomic E-state index is -1.08. The van der Waals surface area contributed by atoms with Gasteiger partial charge < -0.3 is 20.2 Å². The molecule has 11 heavy (non-hydrogen) atoms. The van der Waals surface area contributed by atoms with Gasteiger partial charge in [-0.1, -0.05) is 0 Å². The van der Waals surface area contributed by atoms with Gasteiger partial charge in [-0.15, -0.1) is 0 Å². The van der Waals surface area contributed by atoms with Crippen LogP contribution in [0, 0.1) is 0 Å². The SMILES string of the molecule is CN(CC(O)CCO)C(=O)O. The van der Waals surface area contributed by atoms with Crippen LogP contribution in [0.1, 0.15) is 6.42 Å². The molecule has 0 radical (unpaired) electrons. The number of nitrogens with zero attached hydrogens (tertiary/aromatic N) is 1. The van der Waals surface area contributed by atoms with E-state index in [1.54, 1.807) is 0 Å². The summed E-state index contributed by atoms with van der Waals surface area (Å²) in [6, 6.07) is 0. The Bertz CT molecular complexity index is 128. The summed E-state index contributed by atoms with van der Waals surface area (Å²) in [6.45, 7) is -0.0927. The van der Waals surface area contributed by atoms with E-state index in [1.165, 1.54) is 7.05 Å². The van der Waals surface area contributed by atoms with Crippen LogP contribution in [0.15, 0.2) is 0 Å². The Morgan fingerprint density at radius 2 is 2.18 bits per heavy atom. The lowest BCUT2D eigenvalue weighted by atomic mass is 10.2. The summed E-state index contributed by atoms with van der Waals surface area (Å²) in [5.41, 5.74) is 0. The molecule has 66 valence electrons. The maximum absolute atomic E-state index is 10.2. The second-order valence-corrected chi connectivity index (χ2v) is 2.33. The van der Waals surface area contributed by atoms with Gasteiger partial charge >= 0.3 is 6.09 Å². The predicted molar refractivity (Wildman–Crippen MR) is 38.4 cm³/mol. The van der Waals surface area contributed by atoms with Crippen LogP contribution in [0.3, 0.4) is 0 Å². The van der Waals surface area contributed by atoms with E-state index in [2.05, 4.69) is 0 Å². The fourth-order valence-electron chi connectivity index (χ4n) is 0.635. The lowest BCUT2D eigenvalue weighted by molar-refractivity contribution is 0.0893. The highest BCUT2D eigenvalue weighted by Gasteiger charge is 2.10. The third kappa shape index (κ3) is 4.58. The zero-order valence-corrected chi connectivity index (χ0v) is 6.40. The molecule has 0 spiro atoms. The summed E-state index contributed by atoms with van der Waals surface area (Å²) in [5, 5.41) is 25.7. The van der Waals surface area contributed by atoms with Gasteiger partial charge in [-0.25, -0.2) is 4.79 Å². The number of aliphatic hydroxyl groups excluding tert-OH is 2. The average Bonchev–Trinajstić information content (AvgIpc) is 1.87. The van der Waals surface area contributed by atoms with Crippen molar-refractivity contribution < 1.29 is 20.1 Å². The van der Waals surface area contributed by atoms with Gasteiger partial charge in [-0.3, -0.25) is 0 Å². The van der Waals surface area contributed by atoms with Crippen molar-refractivity contribution in [1.82, 2.24) is 4.90 Å².